The number of rotatable bonds is 1. The normalized spacial score (nSPS) is 30.4. The molecule has 14 heavy (non-hydrogen) atoms. The minimum absolute atomic E-state index is 0.542. The van der Waals surface area contributed by atoms with Crippen LogP contribution in [0, 0.1) is 12.8 Å². The van der Waals surface area contributed by atoms with Crippen LogP contribution < -0.4 is 5.32 Å². The lowest BCUT2D eigenvalue weighted by molar-refractivity contribution is 0.402. The molecule has 3 unspecified atom stereocenters. The fraction of sp³-hybridized carbons (Fsp3) is 0.538. The summed E-state index contributed by atoms with van der Waals surface area (Å²) in [5.41, 5.74) is 4.40. The minimum Gasteiger partial charge on any atom is -0.313 e. The van der Waals surface area contributed by atoms with E-state index in [1.54, 1.807) is 0 Å². The van der Waals surface area contributed by atoms with Crippen LogP contribution in [0.25, 0.3) is 0 Å². The van der Waals surface area contributed by atoms with Crippen molar-refractivity contribution in [2.24, 2.45) is 5.92 Å². The molecule has 0 amide bonds. The van der Waals surface area contributed by atoms with Gasteiger partial charge in [0.15, 0.2) is 0 Å². The molecule has 1 nitrogen and oxygen atoms in total. The highest BCUT2D eigenvalue weighted by Gasteiger charge is 2.33. The molecule has 1 aliphatic carbocycles. The summed E-state index contributed by atoms with van der Waals surface area (Å²) in [5, 5.41) is 3.43. The van der Waals surface area contributed by atoms with E-state index in [9.17, 15) is 0 Å². The molecule has 1 N–H and O–H groups in total. The molecular formula is C13H19N. The third kappa shape index (κ3) is 1.27. The highest BCUT2D eigenvalue weighted by atomic mass is 14.9. The van der Waals surface area contributed by atoms with Gasteiger partial charge in [0.1, 0.15) is 0 Å². The molecule has 0 bridgehead atoms. The summed E-state index contributed by atoms with van der Waals surface area (Å²) in [6.07, 6.45) is 0. The van der Waals surface area contributed by atoms with Gasteiger partial charge in [-0.15, -0.1) is 0 Å². The second kappa shape index (κ2) is 3.39. The Labute approximate surface area is 86.5 Å². The van der Waals surface area contributed by atoms with Crippen molar-refractivity contribution < 1.29 is 0 Å². The van der Waals surface area contributed by atoms with Gasteiger partial charge in [-0.1, -0.05) is 37.6 Å². The first-order chi connectivity index (χ1) is 6.65. The van der Waals surface area contributed by atoms with Crippen LogP contribution in [0.1, 0.15) is 42.5 Å². The molecule has 1 aromatic rings. The Bertz CT molecular complexity index is 343. The monoisotopic (exact) mass is 189 g/mol. The van der Waals surface area contributed by atoms with Crippen molar-refractivity contribution in [3.8, 4) is 0 Å². The van der Waals surface area contributed by atoms with Gasteiger partial charge in [0.05, 0.1) is 0 Å². The Hall–Kier alpha value is -0.820. The molecule has 76 valence electrons. The van der Waals surface area contributed by atoms with Crippen molar-refractivity contribution >= 4 is 0 Å². The highest BCUT2D eigenvalue weighted by molar-refractivity contribution is 5.41. The molecule has 1 aliphatic rings. The Morgan fingerprint density at radius 1 is 1.14 bits per heavy atom. The second-order valence-corrected chi connectivity index (χ2v) is 4.55. The first-order valence-electron chi connectivity index (χ1n) is 5.43. The molecule has 0 fully saturated rings. The van der Waals surface area contributed by atoms with E-state index in [1.165, 1.54) is 16.7 Å². The first kappa shape index (κ1) is 9.72. The van der Waals surface area contributed by atoms with E-state index in [0.29, 0.717) is 17.9 Å². The van der Waals surface area contributed by atoms with Crippen LogP contribution in [0.3, 0.4) is 0 Å². The molecule has 0 spiro atoms. The molecule has 0 aliphatic heterocycles. The molecule has 0 saturated carbocycles. The van der Waals surface area contributed by atoms with Gasteiger partial charge >= 0.3 is 0 Å². The lowest BCUT2D eigenvalue weighted by atomic mass is 9.95. The van der Waals surface area contributed by atoms with Gasteiger partial charge in [0, 0.05) is 6.04 Å². The third-order valence-corrected chi connectivity index (χ3v) is 3.69. The van der Waals surface area contributed by atoms with Gasteiger partial charge in [-0.3, -0.25) is 0 Å². The molecule has 0 heterocycles. The molecule has 1 heteroatoms. The minimum atomic E-state index is 0.542. The summed E-state index contributed by atoms with van der Waals surface area (Å²) in [7, 11) is 2.06. The van der Waals surface area contributed by atoms with E-state index in [1.807, 2.05) is 0 Å². The smallest absolute Gasteiger partial charge is 0.0352 e. The molecule has 0 radical (unpaired) electrons. The molecule has 0 aromatic heterocycles. The van der Waals surface area contributed by atoms with Crippen LogP contribution in [0.15, 0.2) is 18.2 Å². The average molecular weight is 189 g/mol. The maximum Gasteiger partial charge on any atom is 0.0352 e. The molecule has 2 rings (SSSR count). The molecule has 3 atom stereocenters. The van der Waals surface area contributed by atoms with Gasteiger partial charge in [-0.25, -0.2) is 0 Å². The SMILES string of the molecule is CNC1c2cc(C)ccc2C(C)C1C. The largest absolute Gasteiger partial charge is 0.313 e. The van der Waals surface area contributed by atoms with E-state index in [4.69, 9.17) is 0 Å². The number of nitrogens with one attached hydrogen (secondary N) is 1. The second-order valence-electron chi connectivity index (χ2n) is 4.55. The number of fused-ring (bicyclic) bond motifs is 1. The lowest BCUT2D eigenvalue weighted by Gasteiger charge is -2.17. The summed E-state index contributed by atoms with van der Waals surface area (Å²) < 4.78 is 0. The number of hydrogen-bond acceptors (Lipinski definition) is 1. The first-order valence-corrected chi connectivity index (χ1v) is 5.43. The standard InChI is InChI=1S/C13H19N/c1-8-5-6-11-9(2)10(3)13(14-4)12(11)7-8/h5-7,9-10,13-14H,1-4H3. The molecule has 0 saturated heterocycles. The van der Waals surface area contributed by atoms with Crippen LogP contribution in [-0.4, -0.2) is 7.05 Å². The van der Waals surface area contributed by atoms with Gasteiger partial charge in [0.25, 0.3) is 0 Å². The van der Waals surface area contributed by atoms with Crippen molar-refractivity contribution in [3.05, 3.63) is 34.9 Å². The maximum atomic E-state index is 3.43. The van der Waals surface area contributed by atoms with Crippen molar-refractivity contribution in [2.75, 3.05) is 7.05 Å². The van der Waals surface area contributed by atoms with Crippen LogP contribution >= 0.6 is 0 Å². The summed E-state index contributed by atoms with van der Waals surface area (Å²) >= 11 is 0. The van der Waals surface area contributed by atoms with E-state index < -0.39 is 0 Å². The number of aryl methyl sites for hydroxylation is 1. The average Bonchev–Trinajstić information content (AvgIpc) is 2.39. The van der Waals surface area contributed by atoms with E-state index in [-0.39, 0.29) is 0 Å². The topological polar surface area (TPSA) is 12.0 Å². The van der Waals surface area contributed by atoms with Crippen molar-refractivity contribution in [1.82, 2.24) is 5.32 Å². The van der Waals surface area contributed by atoms with Crippen molar-refractivity contribution in [2.45, 2.75) is 32.7 Å². The zero-order valence-corrected chi connectivity index (χ0v) is 9.46. The lowest BCUT2D eigenvalue weighted by Crippen LogP contribution is -2.20. The van der Waals surface area contributed by atoms with Gasteiger partial charge < -0.3 is 5.32 Å². The molecular weight excluding hydrogens is 170 g/mol. The van der Waals surface area contributed by atoms with E-state index in [2.05, 4.69) is 51.3 Å². The quantitative estimate of drug-likeness (QED) is 0.716. The van der Waals surface area contributed by atoms with Crippen LogP contribution in [0.2, 0.25) is 0 Å². The summed E-state index contributed by atoms with van der Waals surface area (Å²) in [5.74, 6) is 1.39. The van der Waals surface area contributed by atoms with Crippen molar-refractivity contribution in [1.29, 1.82) is 0 Å². The Balaban J connectivity index is 2.50. The van der Waals surface area contributed by atoms with E-state index in [0.717, 1.165) is 0 Å². The Kier molecular flexibility index (Phi) is 2.36. The molecule has 1 aromatic carbocycles. The van der Waals surface area contributed by atoms with Gasteiger partial charge in [-0.05, 0) is 36.9 Å². The Morgan fingerprint density at radius 3 is 2.50 bits per heavy atom. The van der Waals surface area contributed by atoms with Crippen LogP contribution in [0.5, 0.6) is 0 Å². The van der Waals surface area contributed by atoms with Crippen LogP contribution in [0.4, 0.5) is 0 Å². The number of benzene rings is 1. The van der Waals surface area contributed by atoms with E-state index >= 15 is 0 Å². The summed E-state index contributed by atoms with van der Waals surface area (Å²) in [6, 6.07) is 7.39. The highest BCUT2D eigenvalue weighted by Crippen LogP contribution is 2.44. The fourth-order valence-electron chi connectivity index (χ4n) is 2.65. The summed E-state index contributed by atoms with van der Waals surface area (Å²) in [6.45, 7) is 6.83. The maximum absolute atomic E-state index is 3.43. The van der Waals surface area contributed by atoms with Crippen LogP contribution in [-0.2, 0) is 0 Å². The number of hydrogen-bond donors (Lipinski definition) is 1. The van der Waals surface area contributed by atoms with Gasteiger partial charge in [0.2, 0.25) is 0 Å². The Morgan fingerprint density at radius 2 is 1.86 bits per heavy atom. The van der Waals surface area contributed by atoms with Gasteiger partial charge in [-0.2, -0.15) is 0 Å². The zero-order valence-electron chi connectivity index (χ0n) is 9.46. The predicted molar refractivity (Wildman–Crippen MR) is 60.6 cm³/mol. The predicted octanol–water partition coefficient (Wildman–Crippen LogP) is 3.01. The van der Waals surface area contributed by atoms with Crippen molar-refractivity contribution in [3.63, 3.8) is 0 Å². The third-order valence-electron chi connectivity index (χ3n) is 3.69. The summed E-state index contributed by atoms with van der Waals surface area (Å²) in [4.78, 5) is 0. The fourth-order valence-corrected chi connectivity index (χ4v) is 2.65. The zero-order chi connectivity index (χ0) is 10.3.